The number of aliphatic hydroxyl groups is 1. The zero-order valence-electron chi connectivity index (χ0n) is 18.8. The molecule has 3 aromatic carbocycles. The average Bonchev–Trinajstić information content (AvgIpc) is 2.88. The summed E-state index contributed by atoms with van der Waals surface area (Å²) < 4.78 is 21.2. The van der Waals surface area contributed by atoms with Gasteiger partial charge in [-0.05, 0) is 47.5 Å². The van der Waals surface area contributed by atoms with Crippen molar-refractivity contribution in [2.24, 2.45) is 5.10 Å². The molecule has 34 heavy (non-hydrogen) atoms. The number of hydrogen-bond donors (Lipinski definition) is 2. The quantitative estimate of drug-likeness (QED) is 0.216. The molecule has 0 saturated heterocycles. The molecule has 0 radical (unpaired) electrons. The van der Waals surface area contributed by atoms with Crippen LogP contribution in [0, 0.1) is 0 Å². The van der Waals surface area contributed by atoms with Crippen LogP contribution in [0.15, 0.2) is 71.8 Å². The van der Waals surface area contributed by atoms with Gasteiger partial charge in [-0.2, -0.15) is 5.10 Å². The highest BCUT2D eigenvalue weighted by atomic mass is 16.5. The number of ether oxygens (including phenoxy) is 4. The molecular formula is C25H24N2O7. The van der Waals surface area contributed by atoms with Gasteiger partial charge in [-0.1, -0.05) is 30.3 Å². The molecular weight excluding hydrogens is 440 g/mol. The first kappa shape index (κ1) is 24.3. The SMILES string of the molecule is COc1cc(C(=O)Oc2ccc(C=NNC(=O)[C@H](O)c3ccccc3)cc2)cc(OC)c1OC. The second kappa shape index (κ2) is 11.5. The maximum absolute atomic E-state index is 12.6. The van der Waals surface area contributed by atoms with Crippen molar-refractivity contribution < 1.29 is 33.6 Å². The minimum Gasteiger partial charge on any atom is -0.493 e. The van der Waals surface area contributed by atoms with Crippen LogP contribution in [0.25, 0.3) is 0 Å². The second-order valence-corrected chi connectivity index (χ2v) is 6.92. The third kappa shape index (κ3) is 5.90. The van der Waals surface area contributed by atoms with Gasteiger partial charge in [0.05, 0.1) is 33.1 Å². The van der Waals surface area contributed by atoms with Crippen LogP contribution >= 0.6 is 0 Å². The monoisotopic (exact) mass is 464 g/mol. The van der Waals surface area contributed by atoms with Crippen LogP contribution in [0.4, 0.5) is 0 Å². The number of aliphatic hydroxyl groups excluding tert-OH is 1. The summed E-state index contributed by atoms with van der Waals surface area (Å²) in [5.41, 5.74) is 3.62. The number of methoxy groups -OCH3 is 3. The normalized spacial score (nSPS) is 11.5. The Kier molecular flexibility index (Phi) is 8.20. The van der Waals surface area contributed by atoms with Crippen LogP contribution in [0.5, 0.6) is 23.0 Å². The topological polar surface area (TPSA) is 116 Å². The van der Waals surface area contributed by atoms with Crippen molar-refractivity contribution in [3.8, 4) is 23.0 Å². The number of esters is 1. The largest absolute Gasteiger partial charge is 0.493 e. The molecule has 1 atom stereocenters. The van der Waals surface area contributed by atoms with Gasteiger partial charge < -0.3 is 24.1 Å². The number of nitrogens with one attached hydrogen (secondary N) is 1. The van der Waals surface area contributed by atoms with Gasteiger partial charge in [-0.3, -0.25) is 4.79 Å². The van der Waals surface area contributed by atoms with Crippen LogP contribution in [0.1, 0.15) is 27.6 Å². The minimum absolute atomic E-state index is 0.222. The van der Waals surface area contributed by atoms with Crippen LogP contribution in [-0.2, 0) is 4.79 Å². The van der Waals surface area contributed by atoms with Gasteiger partial charge in [-0.15, -0.1) is 0 Å². The third-order valence-electron chi connectivity index (χ3n) is 4.74. The molecule has 0 bridgehead atoms. The zero-order chi connectivity index (χ0) is 24.5. The lowest BCUT2D eigenvalue weighted by Gasteiger charge is -2.13. The molecule has 3 rings (SSSR count). The van der Waals surface area contributed by atoms with Gasteiger partial charge in [0.15, 0.2) is 17.6 Å². The van der Waals surface area contributed by atoms with Crippen molar-refractivity contribution in [3.05, 3.63) is 83.4 Å². The number of nitrogens with zero attached hydrogens (tertiary/aromatic N) is 1. The number of amides is 1. The van der Waals surface area contributed by atoms with Gasteiger partial charge >= 0.3 is 5.97 Å². The Morgan fingerprint density at radius 1 is 0.912 bits per heavy atom. The Hall–Kier alpha value is -4.37. The highest BCUT2D eigenvalue weighted by Crippen LogP contribution is 2.38. The third-order valence-corrected chi connectivity index (χ3v) is 4.74. The first-order valence-electron chi connectivity index (χ1n) is 10.1. The molecule has 9 heteroatoms. The van der Waals surface area contributed by atoms with E-state index in [4.69, 9.17) is 18.9 Å². The fourth-order valence-corrected chi connectivity index (χ4v) is 3.01. The van der Waals surface area contributed by atoms with Crippen LogP contribution in [0.2, 0.25) is 0 Å². The molecule has 0 aliphatic heterocycles. The fourth-order valence-electron chi connectivity index (χ4n) is 3.01. The maximum Gasteiger partial charge on any atom is 0.343 e. The Morgan fingerprint density at radius 3 is 2.09 bits per heavy atom. The smallest absolute Gasteiger partial charge is 0.343 e. The summed E-state index contributed by atoms with van der Waals surface area (Å²) in [6.45, 7) is 0. The summed E-state index contributed by atoms with van der Waals surface area (Å²) in [5.74, 6) is 0.0776. The molecule has 176 valence electrons. The average molecular weight is 464 g/mol. The van der Waals surface area contributed by atoms with E-state index in [-0.39, 0.29) is 5.56 Å². The molecule has 0 spiro atoms. The van der Waals surface area contributed by atoms with Crippen molar-refractivity contribution in [2.75, 3.05) is 21.3 Å². The Labute approximate surface area is 196 Å². The first-order chi connectivity index (χ1) is 16.5. The van der Waals surface area contributed by atoms with E-state index >= 15 is 0 Å². The first-order valence-corrected chi connectivity index (χ1v) is 10.1. The van der Waals surface area contributed by atoms with E-state index in [2.05, 4.69) is 10.5 Å². The number of carbonyl (C=O) groups excluding carboxylic acids is 2. The molecule has 0 aliphatic rings. The van der Waals surface area contributed by atoms with Crippen molar-refractivity contribution in [2.45, 2.75) is 6.10 Å². The van der Waals surface area contributed by atoms with Crippen molar-refractivity contribution in [1.29, 1.82) is 0 Å². The van der Waals surface area contributed by atoms with E-state index in [1.54, 1.807) is 54.6 Å². The molecule has 0 aliphatic carbocycles. The van der Waals surface area contributed by atoms with E-state index in [0.29, 0.717) is 34.1 Å². The van der Waals surface area contributed by atoms with Crippen LogP contribution < -0.4 is 24.4 Å². The number of hydrogen-bond acceptors (Lipinski definition) is 8. The molecule has 0 heterocycles. The predicted octanol–water partition coefficient (Wildman–Crippen LogP) is 3.12. The van der Waals surface area contributed by atoms with E-state index < -0.39 is 18.0 Å². The fraction of sp³-hybridized carbons (Fsp3) is 0.160. The summed E-state index contributed by atoms with van der Waals surface area (Å²) in [5, 5.41) is 13.9. The Balaban J connectivity index is 1.61. The van der Waals surface area contributed by atoms with Crippen molar-refractivity contribution in [1.82, 2.24) is 5.43 Å². The van der Waals surface area contributed by atoms with Gasteiger partial charge in [-0.25, -0.2) is 10.2 Å². The maximum atomic E-state index is 12.6. The Morgan fingerprint density at radius 2 is 1.53 bits per heavy atom. The number of rotatable bonds is 9. The summed E-state index contributed by atoms with van der Waals surface area (Å²) in [4.78, 5) is 24.6. The van der Waals surface area contributed by atoms with Crippen LogP contribution in [-0.4, -0.2) is 44.5 Å². The highest BCUT2D eigenvalue weighted by Gasteiger charge is 2.18. The molecule has 0 fully saturated rings. The van der Waals surface area contributed by atoms with Gasteiger partial charge in [0.25, 0.3) is 5.91 Å². The molecule has 9 nitrogen and oxygen atoms in total. The number of carbonyl (C=O) groups is 2. The molecule has 3 aromatic rings. The molecule has 0 unspecified atom stereocenters. The molecule has 0 aromatic heterocycles. The molecule has 2 N–H and O–H groups in total. The lowest BCUT2D eigenvalue weighted by atomic mass is 10.1. The van der Waals surface area contributed by atoms with Gasteiger partial charge in [0, 0.05) is 0 Å². The molecule has 0 saturated carbocycles. The van der Waals surface area contributed by atoms with E-state index in [1.165, 1.54) is 39.7 Å². The van der Waals surface area contributed by atoms with Gasteiger partial charge in [0.2, 0.25) is 5.75 Å². The summed E-state index contributed by atoms with van der Waals surface area (Å²) in [6, 6.07) is 18.0. The lowest BCUT2D eigenvalue weighted by Crippen LogP contribution is -2.25. The minimum atomic E-state index is -1.32. The van der Waals surface area contributed by atoms with E-state index in [1.807, 2.05) is 0 Å². The standard InChI is InChI=1S/C25H24N2O7/c1-31-20-13-18(14-21(32-2)23(20)33-3)25(30)34-19-11-9-16(10-12-19)15-26-27-24(29)22(28)17-7-5-4-6-8-17/h4-15,22,28H,1-3H3,(H,27,29)/t22-/m1/s1. The second-order valence-electron chi connectivity index (χ2n) is 6.92. The number of hydrazone groups is 1. The van der Waals surface area contributed by atoms with Crippen LogP contribution in [0.3, 0.4) is 0 Å². The number of benzene rings is 3. The zero-order valence-corrected chi connectivity index (χ0v) is 18.8. The van der Waals surface area contributed by atoms with Crippen molar-refractivity contribution in [3.63, 3.8) is 0 Å². The lowest BCUT2D eigenvalue weighted by molar-refractivity contribution is -0.129. The summed E-state index contributed by atoms with van der Waals surface area (Å²) in [7, 11) is 4.38. The molecule has 1 amide bonds. The summed E-state index contributed by atoms with van der Waals surface area (Å²) >= 11 is 0. The van der Waals surface area contributed by atoms with Crippen molar-refractivity contribution >= 4 is 18.1 Å². The van der Waals surface area contributed by atoms with Gasteiger partial charge in [0.1, 0.15) is 5.75 Å². The highest BCUT2D eigenvalue weighted by molar-refractivity contribution is 5.93. The Bertz CT molecular complexity index is 1140. The van der Waals surface area contributed by atoms with E-state index in [0.717, 1.165) is 0 Å². The predicted molar refractivity (Wildman–Crippen MR) is 125 cm³/mol. The van der Waals surface area contributed by atoms with E-state index in [9.17, 15) is 14.7 Å². The summed E-state index contributed by atoms with van der Waals surface area (Å²) in [6.07, 6.45) is 0.0794.